The Morgan fingerprint density at radius 2 is 1.57 bits per heavy atom. The van der Waals surface area contributed by atoms with Crippen LogP contribution in [0.3, 0.4) is 0 Å². The maximum absolute atomic E-state index is 12.4. The second kappa shape index (κ2) is 10.8. The van der Waals surface area contributed by atoms with Crippen LogP contribution >= 0.6 is 0 Å². The third kappa shape index (κ3) is 7.53. The summed E-state index contributed by atoms with van der Waals surface area (Å²) in [6.07, 6.45) is 1.23. The summed E-state index contributed by atoms with van der Waals surface area (Å²) < 4.78 is 0. The molecule has 0 aromatic heterocycles. The van der Waals surface area contributed by atoms with Crippen molar-refractivity contribution >= 4 is 35.6 Å². The minimum Gasteiger partial charge on any atom is -0.481 e. The molecule has 0 radical (unpaired) electrons. The van der Waals surface area contributed by atoms with Crippen LogP contribution in [0.15, 0.2) is 12.2 Å². The van der Waals surface area contributed by atoms with Gasteiger partial charge in [-0.25, -0.2) is 4.79 Å². The molecule has 1 aliphatic rings. The van der Waals surface area contributed by atoms with E-state index in [1.54, 1.807) is 0 Å². The molecule has 0 aliphatic carbocycles. The summed E-state index contributed by atoms with van der Waals surface area (Å²) in [5, 5.41) is 22.7. The van der Waals surface area contributed by atoms with E-state index in [2.05, 4.69) is 10.6 Å². The molecule has 0 aromatic rings. The lowest BCUT2D eigenvalue weighted by atomic mass is 10.1. The molecule has 12 heteroatoms. The summed E-state index contributed by atoms with van der Waals surface area (Å²) in [7, 11) is 0. The molecular weight excluding hydrogens is 376 g/mol. The van der Waals surface area contributed by atoms with Crippen molar-refractivity contribution in [1.29, 1.82) is 0 Å². The van der Waals surface area contributed by atoms with E-state index >= 15 is 0 Å². The molecule has 28 heavy (non-hydrogen) atoms. The Bertz CT molecular complexity index is 672. The largest absolute Gasteiger partial charge is 0.481 e. The number of carbonyl (C=O) groups excluding carboxylic acids is 4. The van der Waals surface area contributed by atoms with Crippen molar-refractivity contribution in [2.45, 2.75) is 37.8 Å². The van der Waals surface area contributed by atoms with Gasteiger partial charge < -0.3 is 26.6 Å². The van der Waals surface area contributed by atoms with Crippen LogP contribution in [0.5, 0.6) is 0 Å². The first-order valence-electron chi connectivity index (χ1n) is 8.42. The summed E-state index contributed by atoms with van der Waals surface area (Å²) in [6.45, 7) is -0.0186. The molecule has 0 saturated carbocycles. The number of carbonyl (C=O) groups is 6. The Morgan fingerprint density at radius 3 is 2.07 bits per heavy atom. The zero-order chi connectivity index (χ0) is 21.3. The molecule has 1 heterocycles. The molecule has 6 N–H and O–H groups in total. The fraction of sp³-hybridized carbons (Fsp3) is 0.500. The van der Waals surface area contributed by atoms with Gasteiger partial charge in [0.1, 0.15) is 6.04 Å². The van der Waals surface area contributed by atoms with Gasteiger partial charge in [0.25, 0.3) is 11.8 Å². The zero-order valence-corrected chi connectivity index (χ0v) is 14.9. The first-order chi connectivity index (χ1) is 13.1. The third-order valence-corrected chi connectivity index (χ3v) is 3.88. The van der Waals surface area contributed by atoms with E-state index in [0.717, 1.165) is 17.1 Å². The average molecular weight is 398 g/mol. The number of hydrogen-bond acceptors (Lipinski definition) is 7. The van der Waals surface area contributed by atoms with Gasteiger partial charge in [0.05, 0.1) is 6.04 Å². The minimum atomic E-state index is -1.42. The van der Waals surface area contributed by atoms with Crippen LogP contribution in [0.1, 0.15) is 25.7 Å². The number of amides is 4. The van der Waals surface area contributed by atoms with Gasteiger partial charge in [0.2, 0.25) is 11.8 Å². The molecule has 0 saturated heterocycles. The van der Waals surface area contributed by atoms with Crippen molar-refractivity contribution in [1.82, 2.24) is 15.5 Å². The molecule has 1 rings (SSSR count). The number of aliphatic carboxylic acids is 2. The Labute approximate surface area is 159 Å². The smallest absolute Gasteiger partial charge is 0.326 e. The van der Waals surface area contributed by atoms with Crippen LogP contribution in [-0.2, 0) is 28.8 Å². The number of imide groups is 1. The SMILES string of the molecule is NC(=O)CCC(NCCN1C(=O)C=CC1=O)C(=O)NC(CCC(=O)O)C(=O)O. The summed E-state index contributed by atoms with van der Waals surface area (Å²) in [4.78, 5) is 69.1. The molecule has 2 atom stereocenters. The molecular formula is C16H22N4O8. The van der Waals surface area contributed by atoms with Crippen molar-refractivity contribution < 1.29 is 39.0 Å². The van der Waals surface area contributed by atoms with Crippen LogP contribution in [-0.4, -0.2) is 75.9 Å². The standard InChI is InChI=1S/C16H22N4O8/c17-11(21)3-1-9(18-7-8-20-12(22)4-5-13(20)23)15(26)19-10(16(27)28)2-6-14(24)25/h4-5,9-10,18H,1-3,6-8H2,(H2,17,21)(H,19,26)(H,24,25)(H,27,28). The number of carboxylic acid groups (broad SMARTS) is 2. The van der Waals surface area contributed by atoms with Crippen molar-refractivity contribution in [3.8, 4) is 0 Å². The number of nitrogens with two attached hydrogens (primary N) is 1. The Morgan fingerprint density at radius 1 is 1.00 bits per heavy atom. The number of nitrogens with one attached hydrogen (secondary N) is 2. The van der Waals surface area contributed by atoms with E-state index < -0.39 is 54.1 Å². The van der Waals surface area contributed by atoms with Crippen LogP contribution in [0, 0.1) is 0 Å². The highest BCUT2D eigenvalue weighted by Crippen LogP contribution is 2.05. The Kier molecular flexibility index (Phi) is 8.75. The van der Waals surface area contributed by atoms with Crippen LogP contribution in [0.25, 0.3) is 0 Å². The van der Waals surface area contributed by atoms with Gasteiger partial charge in [0.15, 0.2) is 0 Å². The molecule has 0 aromatic carbocycles. The molecule has 4 amide bonds. The zero-order valence-electron chi connectivity index (χ0n) is 14.9. The predicted octanol–water partition coefficient (Wildman–Crippen LogP) is -2.43. The van der Waals surface area contributed by atoms with E-state index in [-0.39, 0.29) is 32.4 Å². The normalized spacial score (nSPS) is 15.4. The van der Waals surface area contributed by atoms with E-state index in [9.17, 15) is 28.8 Å². The minimum absolute atomic E-state index is 0.0167. The monoisotopic (exact) mass is 398 g/mol. The highest BCUT2D eigenvalue weighted by molar-refractivity contribution is 6.12. The fourth-order valence-corrected chi connectivity index (χ4v) is 2.41. The van der Waals surface area contributed by atoms with Gasteiger partial charge in [-0.15, -0.1) is 0 Å². The maximum Gasteiger partial charge on any atom is 0.326 e. The van der Waals surface area contributed by atoms with Crippen molar-refractivity contribution in [3.63, 3.8) is 0 Å². The molecule has 2 unspecified atom stereocenters. The predicted molar refractivity (Wildman–Crippen MR) is 92.5 cm³/mol. The highest BCUT2D eigenvalue weighted by atomic mass is 16.4. The highest BCUT2D eigenvalue weighted by Gasteiger charge is 2.27. The van der Waals surface area contributed by atoms with E-state index in [4.69, 9.17) is 15.9 Å². The molecule has 154 valence electrons. The lowest BCUT2D eigenvalue weighted by Crippen LogP contribution is -2.51. The summed E-state index contributed by atoms with van der Waals surface area (Å²) in [6, 6.07) is -2.45. The first kappa shape index (κ1) is 22.8. The van der Waals surface area contributed by atoms with Gasteiger partial charge in [-0.2, -0.15) is 0 Å². The lowest BCUT2D eigenvalue weighted by molar-refractivity contribution is -0.143. The summed E-state index contributed by atoms with van der Waals surface area (Å²) in [5.74, 6) is -5.04. The van der Waals surface area contributed by atoms with Gasteiger partial charge >= 0.3 is 11.9 Å². The van der Waals surface area contributed by atoms with Gasteiger partial charge in [-0.1, -0.05) is 0 Å². The maximum atomic E-state index is 12.4. The van der Waals surface area contributed by atoms with Crippen LogP contribution in [0.4, 0.5) is 0 Å². The van der Waals surface area contributed by atoms with Crippen molar-refractivity contribution in [2.24, 2.45) is 5.73 Å². The van der Waals surface area contributed by atoms with E-state index in [0.29, 0.717) is 0 Å². The Balaban J connectivity index is 2.67. The fourth-order valence-electron chi connectivity index (χ4n) is 2.41. The molecule has 0 fully saturated rings. The summed E-state index contributed by atoms with van der Waals surface area (Å²) >= 11 is 0. The summed E-state index contributed by atoms with van der Waals surface area (Å²) in [5.41, 5.74) is 5.07. The Hall–Kier alpha value is -3.28. The number of primary amides is 1. The second-order valence-electron chi connectivity index (χ2n) is 6.00. The molecule has 12 nitrogen and oxygen atoms in total. The first-order valence-corrected chi connectivity index (χ1v) is 8.42. The number of rotatable bonds is 13. The number of carboxylic acids is 2. The van der Waals surface area contributed by atoms with E-state index in [1.807, 2.05) is 0 Å². The lowest BCUT2D eigenvalue weighted by Gasteiger charge is -2.22. The number of nitrogens with zero attached hydrogens (tertiary/aromatic N) is 1. The van der Waals surface area contributed by atoms with E-state index in [1.165, 1.54) is 0 Å². The average Bonchev–Trinajstić information content (AvgIpc) is 2.92. The van der Waals surface area contributed by atoms with Crippen LogP contribution < -0.4 is 16.4 Å². The van der Waals surface area contributed by atoms with Gasteiger partial charge in [-0.05, 0) is 12.8 Å². The van der Waals surface area contributed by atoms with Crippen molar-refractivity contribution in [2.75, 3.05) is 13.1 Å². The van der Waals surface area contributed by atoms with Gasteiger partial charge in [0, 0.05) is 38.1 Å². The second-order valence-corrected chi connectivity index (χ2v) is 6.00. The van der Waals surface area contributed by atoms with Gasteiger partial charge in [-0.3, -0.25) is 28.9 Å². The third-order valence-electron chi connectivity index (χ3n) is 3.88. The quantitative estimate of drug-likeness (QED) is 0.209. The topological polar surface area (TPSA) is 196 Å². The molecule has 1 aliphatic heterocycles. The molecule has 0 bridgehead atoms. The number of hydrogen-bond donors (Lipinski definition) is 5. The van der Waals surface area contributed by atoms with Crippen molar-refractivity contribution in [3.05, 3.63) is 12.2 Å². The molecule has 0 spiro atoms. The van der Waals surface area contributed by atoms with Crippen LogP contribution in [0.2, 0.25) is 0 Å².